The van der Waals surface area contributed by atoms with E-state index in [-0.39, 0.29) is 36.2 Å². The summed E-state index contributed by atoms with van der Waals surface area (Å²) in [5.41, 5.74) is -0.517. The summed E-state index contributed by atoms with van der Waals surface area (Å²) in [4.78, 5) is 26.0. The molecule has 0 atom stereocenters. The Morgan fingerprint density at radius 2 is 1.90 bits per heavy atom. The maximum atomic E-state index is 13.3. The molecule has 1 amide bonds. The molecule has 3 rings (SSSR count). The Kier molecular flexibility index (Phi) is 6.99. The quantitative estimate of drug-likeness (QED) is 0.627. The molecule has 1 saturated heterocycles. The third-order valence-electron chi connectivity index (χ3n) is 5.65. The van der Waals surface area contributed by atoms with E-state index in [1.165, 1.54) is 17.5 Å². The van der Waals surface area contributed by atoms with Crippen molar-refractivity contribution in [3.63, 3.8) is 0 Å². The highest BCUT2D eigenvalue weighted by atomic mass is 32.2. The predicted octanol–water partition coefficient (Wildman–Crippen LogP) is 0.888. The van der Waals surface area contributed by atoms with Crippen LogP contribution in [0.2, 0.25) is 0 Å². The predicted molar refractivity (Wildman–Crippen MR) is 107 cm³/mol. The summed E-state index contributed by atoms with van der Waals surface area (Å²) in [6.07, 6.45) is 1.11. The summed E-state index contributed by atoms with van der Waals surface area (Å²) in [6, 6.07) is 6.42. The number of fused-ring (bicyclic) bond motifs is 1. The summed E-state index contributed by atoms with van der Waals surface area (Å²) >= 11 is 0. The molecule has 0 bridgehead atoms. The van der Waals surface area contributed by atoms with Gasteiger partial charge in [-0.1, -0.05) is 12.1 Å². The van der Waals surface area contributed by atoms with Gasteiger partial charge in [-0.05, 0) is 31.9 Å². The number of likely N-dealkylation sites (tertiary alicyclic amines) is 1. The average molecular weight is 441 g/mol. The van der Waals surface area contributed by atoms with Gasteiger partial charge in [-0.15, -0.1) is 0 Å². The zero-order valence-electron chi connectivity index (χ0n) is 17.3. The number of amides is 1. The monoisotopic (exact) mass is 440 g/mol. The molecule has 30 heavy (non-hydrogen) atoms. The molecule has 10 heteroatoms. The lowest BCUT2D eigenvalue weighted by molar-refractivity contribution is -0.141. The molecule has 0 radical (unpaired) electrons. The third-order valence-corrected chi connectivity index (χ3v) is 7.48. The van der Waals surface area contributed by atoms with Crippen molar-refractivity contribution >= 4 is 21.9 Å². The number of ether oxygens (including phenoxy) is 3. The van der Waals surface area contributed by atoms with Gasteiger partial charge in [0, 0.05) is 31.7 Å². The van der Waals surface area contributed by atoms with Crippen molar-refractivity contribution in [3.8, 4) is 5.75 Å². The Labute approximate surface area is 176 Å². The molecule has 1 fully saturated rings. The maximum absolute atomic E-state index is 13.3. The molecule has 1 aromatic carbocycles. The van der Waals surface area contributed by atoms with E-state index >= 15 is 0 Å². The largest absolute Gasteiger partial charge is 0.492 e. The van der Waals surface area contributed by atoms with Crippen molar-refractivity contribution in [1.29, 1.82) is 0 Å². The minimum absolute atomic E-state index is 0.0353. The zero-order chi connectivity index (χ0) is 21.8. The van der Waals surface area contributed by atoms with Crippen LogP contribution in [0.5, 0.6) is 5.75 Å². The van der Waals surface area contributed by atoms with Gasteiger partial charge < -0.3 is 19.1 Å². The van der Waals surface area contributed by atoms with Crippen molar-refractivity contribution in [2.24, 2.45) is 5.41 Å². The fraction of sp³-hybridized carbons (Fsp3) is 0.600. The fourth-order valence-corrected chi connectivity index (χ4v) is 5.45. The van der Waals surface area contributed by atoms with Crippen LogP contribution in [0.3, 0.4) is 0 Å². The summed E-state index contributed by atoms with van der Waals surface area (Å²) < 4.78 is 43.7. The first-order valence-corrected chi connectivity index (χ1v) is 11.4. The number of carbonyl (C=O) groups excluding carboxylic acids is 2. The molecule has 166 valence electrons. The number of benzene rings is 1. The van der Waals surface area contributed by atoms with Gasteiger partial charge in [0.1, 0.15) is 23.8 Å². The van der Waals surface area contributed by atoms with Crippen LogP contribution in [-0.4, -0.2) is 82.6 Å². The molecule has 2 aliphatic rings. The number of rotatable bonds is 5. The molecule has 1 spiro atoms. The van der Waals surface area contributed by atoms with Gasteiger partial charge in [0.15, 0.2) is 0 Å². The highest BCUT2D eigenvalue weighted by Gasteiger charge is 2.44. The second kappa shape index (κ2) is 9.32. The highest BCUT2D eigenvalue weighted by Crippen LogP contribution is 2.39. The minimum Gasteiger partial charge on any atom is -0.492 e. The maximum Gasteiger partial charge on any atom is 0.321 e. The summed E-state index contributed by atoms with van der Waals surface area (Å²) in [5, 5.41) is 0. The summed E-state index contributed by atoms with van der Waals surface area (Å²) in [6.45, 7) is 3.33. The first kappa shape index (κ1) is 22.5. The summed E-state index contributed by atoms with van der Waals surface area (Å²) in [7, 11) is -2.73. The Balaban J connectivity index is 1.86. The molecule has 0 aliphatic carbocycles. The molecule has 0 saturated carbocycles. The smallest absolute Gasteiger partial charge is 0.321 e. The van der Waals surface area contributed by atoms with Crippen LogP contribution < -0.4 is 4.74 Å². The van der Waals surface area contributed by atoms with Gasteiger partial charge in [0.25, 0.3) is 0 Å². The van der Waals surface area contributed by atoms with Crippen LogP contribution in [0, 0.1) is 5.41 Å². The van der Waals surface area contributed by atoms with Gasteiger partial charge in [-0.25, -0.2) is 8.42 Å². The van der Waals surface area contributed by atoms with Crippen molar-refractivity contribution in [1.82, 2.24) is 9.21 Å². The van der Waals surface area contributed by atoms with Crippen molar-refractivity contribution in [2.45, 2.75) is 24.7 Å². The normalized spacial score (nSPS) is 20.5. The third kappa shape index (κ3) is 4.76. The van der Waals surface area contributed by atoms with E-state index in [0.29, 0.717) is 39.1 Å². The van der Waals surface area contributed by atoms with E-state index < -0.39 is 21.4 Å². The number of sulfonamides is 1. The van der Waals surface area contributed by atoms with Crippen LogP contribution in [0.25, 0.3) is 0 Å². The molecule has 0 aromatic heterocycles. The van der Waals surface area contributed by atoms with E-state index in [1.807, 2.05) is 6.92 Å². The SMILES string of the molecule is CCOCC(=O)N1CCC2(CC1)COc1ccccc1S(=O)(=O)N(CC(=O)OC)C2. The molecule has 0 unspecified atom stereocenters. The number of carbonyl (C=O) groups is 2. The Hall–Kier alpha value is -2.17. The molecule has 9 nitrogen and oxygen atoms in total. The van der Waals surface area contributed by atoms with Crippen LogP contribution in [0.15, 0.2) is 29.2 Å². The van der Waals surface area contributed by atoms with E-state index in [0.717, 1.165) is 0 Å². The number of nitrogens with zero attached hydrogens (tertiary/aromatic N) is 2. The van der Waals surface area contributed by atoms with Gasteiger partial charge in [-0.3, -0.25) is 9.59 Å². The van der Waals surface area contributed by atoms with E-state index in [1.54, 1.807) is 23.1 Å². The second-order valence-electron chi connectivity index (χ2n) is 7.60. The van der Waals surface area contributed by atoms with Gasteiger partial charge >= 0.3 is 5.97 Å². The average Bonchev–Trinajstić information content (AvgIpc) is 2.75. The Bertz CT molecular complexity index is 879. The lowest BCUT2D eigenvalue weighted by Gasteiger charge is -2.44. The first-order valence-electron chi connectivity index (χ1n) is 9.96. The molecular weight excluding hydrogens is 412 g/mol. The van der Waals surface area contributed by atoms with Crippen molar-refractivity contribution in [2.75, 3.05) is 53.1 Å². The van der Waals surface area contributed by atoms with Crippen LogP contribution in [-0.2, 0) is 29.1 Å². The molecule has 1 aromatic rings. The number of hydrogen-bond donors (Lipinski definition) is 0. The number of piperidine rings is 1. The van der Waals surface area contributed by atoms with Gasteiger partial charge in [-0.2, -0.15) is 4.31 Å². The van der Waals surface area contributed by atoms with Crippen molar-refractivity contribution in [3.05, 3.63) is 24.3 Å². The van der Waals surface area contributed by atoms with E-state index in [4.69, 9.17) is 14.2 Å². The number of para-hydroxylation sites is 1. The molecule has 2 aliphatic heterocycles. The molecule has 0 N–H and O–H groups in total. The standard InChI is InChI=1S/C20H28N2O7S/c1-3-28-13-18(23)21-10-8-20(9-11-21)14-22(12-19(24)27-2)30(25,26)17-7-5-4-6-16(17)29-15-20/h4-7H,3,8-15H2,1-2H3. The van der Waals surface area contributed by atoms with Gasteiger partial charge in [0.05, 0.1) is 13.7 Å². The van der Waals surface area contributed by atoms with Crippen LogP contribution in [0.4, 0.5) is 0 Å². The number of methoxy groups -OCH3 is 1. The molecule has 2 heterocycles. The highest BCUT2D eigenvalue weighted by molar-refractivity contribution is 7.89. The number of esters is 1. The number of hydrogen-bond acceptors (Lipinski definition) is 7. The second-order valence-corrected chi connectivity index (χ2v) is 9.51. The molecular formula is C20H28N2O7S. The van der Waals surface area contributed by atoms with Gasteiger partial charge in [0.2, 0.25) is 15.9 Å². The van der Waals surface area contributed by atoms with Crippen molar-refractivity contribution < 1.29 is 32.2 Å². The Morgan fingerprint density at radius 3 is 2.57 bits per heavy atom. The van der Waals surface area contributed by atoms with Crippen LogP contribution >= 0.6 is 0 Å². The zero-order valence-corrected chi connectivity index (χ0v) is 18.2. The first-order chi connectivity index (χ1) is 14.3. The lowest BCUT2D eigenvalue weighted by Crippen LogP contribution is -2.53. The summed E-state index contributed by atoms with van der Waals surface area (Å²) in [5.74, 6) is -0.443. The lowest BCUT2D eigenvalue weighted by atomic mass is 9.78. The fourth-order valence-electron chi connectivity index (χ4n) is 3.82. The van der Waals surface area contributed by atoms with E-state index in [2.05, 4.69) is 0 Å². The van der Waals surface area contributed by atoms with E-state index in [9.17, 15) is 18.0 Å². The van der Waals surface area contributed by atoms with Crippen LogP contribution in [0.1, 0.15) is 19.8 Å². The Morgan fingerprint density at radius 1 is 1.20 bits per heavy atom. The minimum atomic E-state index is -3.96. The topological polar surface area (TPSA) is 102 Å².